The van der Waals surface area contributed by atoms with E-state index in [9.17, 15) is 9.59 Å². The van der Waals surface area contributed by atoms with E-state index in [1.807, 2.05) is 32.0 Å². The Morgan fingerprint density at radius 3 is 1.39 bits per heavy atom. The van der Waals surface area contributed by atoms with Gasteiger partial charge in [0.25, 0.3) is 0 Å². The van der Waals surface area contributed by atoms with Crippen LogP contribution in [0.3, 0.4) is 0 Å². The molecule has 0 unspecified atom stereocenters. The van der Waals surface area contributed by atoms with Gasteiger partial charge in [-0.05, 0) is 91.1 Å². The van der Waals surface area contributed by atoms with Crippen molar-refractivity contribution in [3.63, 3.8) is 0 Å². The number of aryl methyl sites for hydroxylation is 4. The molecule has 28 heavy (non-hydrogen) atoms. The third-order valence-corrected chi connectivity index (χ3v) is 6.52. The fourth-order valence-corrected chi connectivity index (χ4v) is 4.89. The minimum atomic E-state index is 0.0554. The standard InChI is InChI=1S/C26H22O2/c1-13-5-7-15(3)23-19(13)10-17-9-18-11-20-14(2)6-8-16(4)24(20)26(28)22(18)12-21(17)25(23)27/h5-9,12H,10-11H2,1-4H3. The molecule has 2 nitrogen and oxygen atoms in total. The predicted molar refractivity (Wildman–Crippen MR) is 111 cm³/mol. The number of hydrogen-bond donors (Lipinski definition) is 0. The minimum Gasteiger partial charge on any atom is -0.289 e. The first-order chi connectivity index (χ1) is 13.4. The molecule has 0 heterocycles. The fourth-order valence-electron chi connectivity index (χ4n) is 4.89. The predicted octanol–water partition coefficient (Wildman–Crippen LogP) is 5.19. The van der Waals surface area contributed by atoms with Gasteiger partial charge in [-0.15, -0.1) is 0 Å². The van der Waals surface area contributed by atoms with Crippen molar-refractivity contribution in [1.82, 2.24) is 0 Å². The van der Waals surface area contributed by atoms with Crippen molar-refractivity contribution >= 4 is 11.6 Å². The van der Waals surface area contributed by atoms with E-state index in [0.717, 1.165) is 68.5 Å². The molecule has 0 aromatic heterocycles. The van der Waals surface area contributed by atoms with Crippen molar-refractivity contribution in [1.29, 1.82) is 0 Å². The summed E-state index contributed by atoms with van der Waals surface area (Å²) in [5.74, 6) is 0.111. The summed E-state index contributed by atoms with van der Waals surface area (Å²) >= 11 is 0. The number of rotatable bonds is 0. The third-order valence-electron chi connectivity index (χ3n) is 6.52. The normalized spacial score (nSPS) is 14.3. The van der Waals surface area contributed by atoms with Gasteiger partial charge in [-0.2, -0.15) is 0 Å². The molecule has 2 aliphatic carbocycles. The Bertz CT molecular complexity index is 1140. The quantitative estimate of drug-likeness (QED) is 0.378. The summed E-state index contributed by atoms with van der Waals surface area (Å²) in [5, 5.41) is 0. The molecule has 3 aromatic carbocycles. The highest BCUT2D eigenvalue weighted by Gasteiger charge is 2.31. The Balaban J connectivity index is 1.72. The summed E-state index contributed by atoms with van der Waals surface area (Å²) in [7, 11) is 0. The second-order valence-corrected chi connectivity index (χ2v) is 8.28. The van der Waals surface area contributed by atoms with E-state index in [1.165, 1.54) is 0 Å². The van der Waals surface area contributed by atoms with Gasteiger partial charge in [0.2, 0.25) is 0 Å². The van der Waals surface area contributed by atoms with Crippen LogP contribution in [-0.2, 0) is 12.8 Å². The van der Waals surface area contributed by atoms with Gasteiger partial charge in [0.15, 0.2) is 11.6 Å². The Morgan fingerprint density at radius 2 is 0.964 bits per heavy atom. The highest BCUT2D eigenvalue weighted by molar-refractivity contribution is 6.18. The number of fused-ring (bicyclic) bond motifs is 4. The highest BCUT2D eigenvalue weighted by atomic mass is 16.1. The summed E-state index contributed by atoms with van der Waals surface area (Å²) in [6, 6.07) is 12.2. The molecule has 0 saturated heterocycles. The molecule has 0 aliphatic heterocycles. The van der Waals surface area contributed by atoms with Gasteiger partial charge in [-0.25, -0.2) is 0 Å². The maximum absolute atomic E-state index is 13.3. The molecule has 2 aliphatic rings. The number of carbonyl (C=O) groups excluding carboxylic acids is 2. The molecule has 0 amide bonds. The molecule has 0 bridgehead atoms. The van der Waals surface area contributed by atoms with Crippen LogP contribution in [-0.4, -0.2) is 11.6 Å². The smallest absolute Gasteiger partial charge is 0.193 e. The molecule has 0 radical (unpaired) electrons. The zero-order chi connectivity index (χ0) is 19.7. The van der Waals surface area contributed by atoms with Crippen LogP contribution in [0.15, 0.2) is 36.4 Å². The van der Waals surface area contributed by atoms with Gasteiger partial charge in [0, 0.05) is 22.3 Å². The van der Waals surface area contributed by atoms with Crippen LogP contribution in [0.1, 0.15) is 76.4 Å². The SMILES string of the molecule is Cc1ccc(C)c2c1Cc1cc3c(cc1C2=O)C(=O)c1c(C)ccc(C)c1C3. The first kappa shape index (κ1) is 17.1. The molecule has 0 saturated carbocycles. The van der Waals surface area contributed by atoms with Gasteiger partial charge in [-0.1, -0.05) is 30.3 Å². The van der Waals surface area contributed by atoms with Crippen molar-refractivity contribution < 1.29 is 9.59 Å². The maximum atomic E-state index is 13.3. The van der Waals surface area contributed by atoms with Crippen LogP contribution < -0.4 is 0 Å². The molecule has 3 aromatic rings. The van der Waals surface area contributed by atoms with Crippen LogP contribution in [0.4, 0.5) is 0 Å². The van der Waals surface area contributed by atoms with E-state index in [4.69, 9.17) is 0 Å². The average molecular weight is 366 g/mol. The molecule has 2 heteroatoms. The van der Waals surface area contributed by atoms with E-state index >= 15 is 0 Å². The summed E-state index contributed by atoms with van der Waals surface area (Å²) < 4.78 is 0. The fraction of sp³-hybridized carbons (Fsp3) is 0.231. The minimum absolute atomic E-state index is 0.0554. The number of ketones is 2. The molecule has 5 rings (SSSR count). The summed E-state index contributed by atoms with van der Waals surface area (Å²) in [5.41, 5.74) is 11.7. The molecule has 0 N–H and O–H groups in total. The Morgan fingerprint density at radius 1 is 0.571 bits per heavy atom. The van der Waals surface area contributed by atoms with Crippen LogP contribution in [0.5, 0.6) is 0 Å². The zero-order valence-electron chi connectivity index (χ0n) is 16.7. The van der Waals surface area contributed by atoms with Crippen molar-refractivity contribution in [2.75, 3.05) is 0 Å². The second kappa shape index (κ2) is 5.75. The monoisotopic (exact) mass is 366 g/mol. The zero-order valence-corrected chi connectivity index (χ0v) is 16.7. The lowest BCUT2D eigenvalue weighted by Gasteiger charge is -2.27. The molecule has 0 atom stereocenters. The van der Waals surface area contributed by atoms with Crippen LogP contribution >= 0.6 is 0 Å². The molecule has 0 spiro atoms. The van der Waals surface area contributed by atoms with Crippen molar-refractivity contribution in [3.05, 3.63) is 103 Å². The van der Waals surface area contributed by atoms with E-state index in [0.29, 0.717) is 11.1 Å². The van der Waals surface area contributed by atoms with Gasteiger partial charge in [-0.3, -0.25) is 9.59 Å². The second-order valence-electron chi connectivity index (χ2n) is 8.28. The van der Waals surface area contributed by atoms with Crippen LogP contribution in [0, 0.1) is 27.7 Å². The maximum Gasteiger partial charge on any atom is 0.193 e. The molecular weight excluding hydrogens is 344 g/mol. The van der Waals surface area contributed by atoms with Crippen molar-refractivity contribution in [2.24, 2.45) is 0 Å². The summed E-state index contributed by atoms with van der Waals surface area (Å²) in [6.07, 6.45) is 1.51. The lowest BCUT2D eigenvalue weighted by atomic mass is 9.75. The third kappa shape index (κ3) is 2.21. The molecular formula is C26H22O2. The van der Waals surface area contributed by atoms with Crippen LogP contribution in [0.25, 0.3) is 0 Å². The van der Waals surface area contributed by atoms with Crippen molar-refractivity contribution in [2.45, 2.75) is 40.5 Å². The van der Waals surface area contributed by atoms with E-state index in [1.54, 1.807) is 0 Å². The molecule has 0 fully saturated rings. The van der Waals surface area contributed by atoms with E-state index in [-0.39, 0.29) is 11.6 Å². The van der Waals surface area contributed by atoms with Crippen molar-refractivity contribution in [3.8, 4) is 0 Å². The number of hydrogen-bond acceptors (Lipinski definition) is 2. The van der Waals surface area contributed by atoms with Crippen LogP contribution in [0.2, 0.25) is 0 Å². The number of benzene rings is 3. The Labute approximate surface area is 165 Å². The lowest BCUT2D eigenvalue weighted by Crippen LogP contribution is -2.23. The van der Waals surface area contributed by atoms with E-state index < -0.39 is 0 Å². The average Bonchev–Trinajstić information content (AvgIpc) is 2.67. The Hall–Kier alpha value is -3.00. The van der Waals surface area contributed by atoms with Gasteiger partial charge < -0.3 is 0 Å². The lowest BCUT2D eigenvalue weighted by molar-refractivity contribution is 0.103. The largest absolute Gasteiger partial charge is 0.289 e. The first-order valence-electron chi connectivity index (χ1n) is 9.80. The van der Waals surface area contributed by atoms with Gasteiger partial charge in [0.1, 0.15) is 0 Å². The Kier molecular flexibility index (Phi) is 3.51. The topological polar surface area (TPSA) is 34.1 Å². The number of carbonyl (C=O) groups is 2. The summed E-state index contributed by atoms with van der Waals surface area (Å²) in [6.45, 7) is 8.13. The first-order valence-corrected chi connectivity index (χ1v) is 9.80. The van der Waals surface area contributed by atoms with Gasteiger partial charge in [0.05, 0.1) is 0 Å². The van der Waals surface area contributed by atoms with E-state index in [2.05, 4.69) is 32.0 Å². The molecule has 138 valence electrons. The summed E-state index contributed by atoms with van der Waals surface area (Å²) in [4.78, 5) is 26.7. The highest BCUT2D eigenvalue weighted by Crippen LogP contribution is 2.37. The van der Waals surface area contributed by atoms with Gasteiger partial charge >= 0.3 is 0 Å².